The maximum atomic E-state index is 11.2. The van der Waals surface area contributed by atoms with Crippen molar-refractivity contribution < 1.29 is 14.4 Å². The van der Waals surface area contributed by atoms with Crippen LogP contribution >= 0.6 is 11.6 Å². The highest BCUT2D eigenvalue weighted by molar-refractivity contribution is 6.34. The maximum Gasteiger partial charge on any atom is 0.337 e. The lowest BCUT2D eigenvalue weighted by Crippen LogP contribution is -2.23. The lowest BCUT2D eigenvalue weighted by atomic mass is 10.1. The van der Waals surface area contributed by atoms with Gasteiger partial charge in [0.1, 0.15) is 11.5 Å². The van der Waals surface area contributed by atoms with Crippen LogP contribution in [0.15, 0.2) is 28.8 Å². The van der Waals surface area contributed by atoms with Crippen molar-refractivity contribution in [2.75, 3.05) is 6.54 Å². The summed E-state index contributed by atoms with van der Waals surface area (Å²) in [5, 5.41) is 13.6. The molecule has 1 atom stereocenters. The summed E-state index contributed by atoms with van der Waals surface area (Å²) < 4.78 is 5.17. The highest BCUT2D eigenvalue weighted by Crippen LogP contribution is 2.34. The third-order valence-electron chi connectivity index (χ3n) is 4.03. The van der Waals surface area contributed by atoms with Crippen molar-refractivity contribution in [3.8, 4) is 0 Å². The molecule has 0 radical (unpaired) electrons. The monoisotopic (exact) mass is 320 g/mol. The summed E-state index contributed by atoms with van der Waals surface area (Å²) in [4.78, 5) is 13.4. The van der Waals surface area contributed by atoms with E-state index in [1.807, 2.05) is 19.1 Å². The average Bonchev–Trinajstić information content (AvgIpc) is 3.09. The van der Waals surface area contributed by atoms with E-state index < -0.39 is 5.97 Å². The molecule has 0 saturated carbocycles. The molecule has 2 aromatic rings. The molecule has 1 aliphatic heterocycles. The zero-order chi connectivity index (χ0) is 15.7. The van der Waals surface area contributed by atoms with Crippen LogP contribution in [0, 0.1) is 6.92 Å². The topological polar surface area (TPSA) is 66.6 Å². The van der Waals surface area contributed by atoms with Crippen molar-refractivity contribution in [3.63, 3.8) is 0 Å². The molecule has 1 unspecified atom stereocenters. The quantitative estimate of drug-likeness (QED) is 0.931. The van der Waals surface area contributed by atoms with Gasteiger partial charge in [-0.05, 0) is 37.9 Å². The molecule has 5 nitrogen and oxygen atoms in total. The molecule has 1 fully saturated rings. The van der Waals surface area contributed by atoms with Gasteiger partial charge in [0.05, 0.1) is 16.6 Å². The van der Waals surface area contributed by atoms with Crippen molar-refractivity contribution >= 4 is 17.6 Å². The van der Waals surface area contributed by atoms with E-state index in [4.69, 9.17) is 21.2 Å². The Bertz CT molecular complexity index is 698. The molecule has 22 heavy (non-hydrogen) atoms. The van der Waals surface area contributed by atoms with Crippen LogP contribution in [-0.2, 0) is 6.54 Å². The molecule has 116 valence electrons. The molecule has 3 rings (SSSR count). The van der Waals surface area contributed by atoms with Crippen molar-refractivity contribution in [1.29, 1.82) is 0 Å². The number of hydrogen-bond donors (Lipinski definition) is 1. The third-order valence-corrected chi connectivity index (χ3v) is 4.48. The summed E-state index contributed by atoms with van der Waals surface area (Å²) in [7, 11) is 0. The minimum Gasteiger partial charge on any atom is -0.478 e. The van der Waals surface area contributed by atoms with Crippen molar-refractivity contribution in [2.45, 2.75) is 32.4 Å². The number of carboxylic acids is 1. The Morgan fingerprint density at radius 1 is 1.55 bits per heavy atom. The van der Waals surface area contributed by atoms with E-state index >= 15 is 0 Å². The zero-order valence-corrected chi connectivity index (χ0v) is 13.0. The molecular formula is C16H17ClN2O3. The van der Waals surface area contributed by atoms with E-state index in [9.17, 15) is 4.79 Å². The number of likely N-dealkylation sites (tertiary alicyclic amines) is 1. The van der Waals surface area contributed by atoms with Gasteiger partial charge < -0.3 is 9.63 Å². The highest BCUT2D eigenvalue weighted by Gasteiger charge is 2.29. The van der Waals surface area contributed by atoms with E-state index in [1.165, 1.54) is 6.07 Å². The van der Waals surface area contributed by atoms with Gasteiger partial charge in [0.15, 0.2) is 0 Å². The lowest BCUT2D eigenvalue weighted by Gasteiger charge is -2.23. The molecule has 2 heterocycles. The molecule has 0 amide bonds. The van der Waals surface area contributed by atoms with E-state index in [0.29, 0.717) is 11.6 Å². The van der Waals surface area contributed by atoms with E-state index in [0.717, 1.165) is 36.4 Å². The Balaban J connectivity index is 1.83. The van der Waals surface area contributed by atoms with E-state index in [2.05, 4.69) is 10.1 Å². The molecule has 1 N–H and O–H groups in total. The number of benzene rings is 1. The third kappa shape index (κ3) is 2.87. The first-order valence-electron chi connectivity index (χ1n) is 7.24. The SMILES string of the molecule is Cc1cc(C2CCCN2Cc2cccc(C(=O)O)c2Cl)no1. The number of carbonyl (C=O) groups is 1. The number of aromatic nitrogens is 1. The van der Waals surface area contributed by atoms with Crippen molar-refractivity contribution in [3.05, 3.63) is 51.9 Å². The molecule has 1 aromatic carbocycles. The molecule has 6 heteroatoms. The molecule has 1 saturated heterocycles. The smallest absolute Gasteiger partial charge is 0.337 e. The first kappa shape index (κ1) is 15.1. The summed E-state index contributed by atoms with van der Waals surface area (Å²) in [6.07, 6.45) is 2.09. The highest BCUT2D eigenvalue weighted by atomic mass is 35.5. The number of aromatic carboxylic acids is 1. The fourth-order valence-electron chi connectivity index (χ4n) is 2.98. The Labute approximate surface area is 133 Å². The first-order chi connectivity index (χ1) is 10.6. The van der Waals surface area contributed by atoms with Crippen LogP contribution in [0.5, 0.6) is 0 Å². The average molecular weight is 321 g/mol. The number of halogens is 1. The summed E-state index contributed by atoms with van der Waals surface area (Å²) >= 11 is 6.24. The summed E-state index contributed by atoms with van der Waals surface area (Å²) in [5.41, 5.74) is 1.90. The number of nitrogens with zero attached hydrogens (tertiary/aromatic N) is 2. The second-order valence-corrected chi connectivity index (χ2v) is 5.95. The Hall–Kier alpha value is -1.85. The predicted molar refractivity (Wildman–Crippen MR) is 82.0 cm³/mol. The van der Waals surface area contributed by atoms with Gasteiger partial charge in [-0.1, -0.05) is 28.9 Å². The van der Waals surface area contributed by atoms with Gasteiger partial charge >= 0.3 is 5.97 Å². The Kier molecular flexibility index (Phi) is 4.18. The molecular weight excluding hydrogens is 304 g/mol. The Morgan fingerprint density at radius 2 is 2.36 bits per heavy atom. The summed E-state index contributed by atoms with van der Waals surface area (Å²) in [5.74, 6) is -0.204. The van der Waals surface area contributed by atoms with E-state index in [1.54, 1.807) is 6.07 Å². The van der Waals surface area contributed by atoms with Gasteiger partial charge in [0.2, 0.25) is 0 Å². The Morgan fingerprint density at radius 3 is 3.05 bits per heavy atom. The van der Waals surface area contributed by atoms with Crippen LogP contribution < -0.4 is 0 Å². The van der Waals surface area contributed by atoms with Gasteiger partial charge in [0, 0.05) is 12.6 Å². The number of rotatable bonds is 4. The number of hydrogen-bond acceptors (Lipinski definition) is 4. The minimum atomic E-state index is -1.00. The standard InChI is InChI=1S/C16H17ClN2O3/c1-10-8-13(18-22-10)14-6-3-7-19(14)9-11-4-2-5-12(15(11)17)16(20)21/h2,4-5,8,14H,3,6-7,9H2,1H3,(H,20,21). The van der Waals surface area contributed by atoms with Gasteiger partial charge in [-0.3, -0.25) is 4.90 Å². The van der Waals surface area contributed by atoms with Gasteiger partial charge in [-0.25, -0.2) is 4.79 Å². The van der Waals surface area contributed by atoms with Crippen molar-refractivity contribution in [2.24, 2.45) is 0 Å². The normalized spacial score (nSPS) is 18.7. The molecule has 0 aliphatic carbocycles. The lowest BCUT2D eigenvalue weighted by molar-refractivity contribution is 0.0697. The fourth-order valence-corrected chi connectivity index (χ4v) is 3.25. The second kappa shape index (κ2) is 6.10. The molecule has 0 bridgehead atoms. The van der Waals surface area contributed by atoms with Gasteiger partial charge in [-0.15, -0.1) is 0 Å². The van der Waals surface area contributed by atoms with Crippen LogP contribution in [0.4, 0.5) is 0 Å². The summed E-state index contributed by atoms with van der Waals surface area (Å²) in [6.45, 7) is 3.42. The molecule has 0 spiro atoms. The summed E-state index contributed by atoms with van der Waals surface area (Å²) in [6, 6.07) is 7.28. The molecule has 1 aromatic heterocycles. The second-order valence-electron chi connectivity index (χ2n) is 5.57. The van der Waals surface area contributed by atoms with Crippen LogP contribution in [0.1, 0.15) is 46.3 Å². The largest absolute Gasteiger partial charge is 0.478 e. The molecule has 1 aliphatic rings. The van der Waals surface area contributed by atoms with Crippen LogP contribution in [-0.4, -0.2) is 27.7 Å². The zero-order valence-electron chi connectivity index (χ0n) is 12.3. The van der Waals surface area contributed by atoms with Gasteiger partial charge in [0.25, 0.3) is 0 Å². The van der Waals surface area contributed by atoms with Crippen LogP contribution in [0.3, 0.4) is 0 Å². The van der Waals surface area contributed by atoms with Gasteiger partial charge in [-0.2, -0.15) is 0 Å². The first-order valence-corrected chi connectivity index (χ1v) is 7.62. The predicted octanol–water partition coefficient (Wildman–Crippen LogP) is 3.67. The van der Waals surface area contributed by atoms with E-state index in [-0.39, 0.29) is 11.6 Å². The minimum absolute atomic E-state index is 0.146. The van der Waals surface area contributed by atoms with Crippen LogP contribution in [0.25, 0.3) is 0 Å². The number of aryl methyl sites for hydroxylation is 1. The van der Waals surface area contributed by atoms with Crippen LogP contribution in [0.2, 0.25) is 5.02 Å². The maximum absolute atomic E-state index is 11.2. The fraction of sp³-hybridized carbons (Fsp3) is 0.375. The number of carboxylic acid groups (broad SMARTS) is 1. The van der Waals surface area contributed by atoms with Crippen molar-refractivity contribution in [1.82, 2.24) is 10.1 Å².